The molecule has 2 aromatic rings. The van der Waals surface area contributed by atoms with Crippen molar-refractivity contribution in [3.8, 4) is 5.75 Å². The molecule has 0 amide bonds. The van der Waals surface area contributed by atoms with Crippen LogP contribution in [0.2, 0.25) is 5.02 Å². The molecule has 1 aliphatic heterocycles. The Morgan fingerprint density at radius 2 is 2.06 bits per heavy atom. The number of cyclic esters (lactones) is 1. The van der Waals surface area contributed by atoms with Crippen molar-refractivity contribution in [1.29, 1.82) is 0 Å². The van der Waals surface area contributed by atoms with Crippen molar-refractivity contribution in [2.45, 2.75) is 57.2 Å². The highest BCUT2D eigenvalue weighted by molar-refractivity contribution is 6.32. The minimum atomic E-state index is -0.547. The van der Waals surface area contributed by atoms with Gasteiger partial charge < -0.3 is 14.2 Å². The molecular weight excluding hydrogens is 414 g/mol. The quantitative estimate of drug-likeness (QED) is 0.495. The van der Waals surface area contributed by atoms with Crippen LogP contribution in [0.1, 0.15) is 49.8 Å². The van der Waals surface area contributed by atoms with Gasteiger partial charge in [-0.25, -0.2) is 4.79 Å². The van der Waals surface area contributed by atoms with Crippen molar-refractivity contribution in [2.75, 3.05) is 7.11 Å². The minimum absolute atomic E-state index is 0.318. The smallest absolute Gasteiger partial charge is 0.334 e. The predicted molar refractivity (Wildman–Crippen MR) is 119 cm³/mol. The first kappa shape index (κ1) is 21.7. The van der Waals surface area contributed by atoms with Crippen molar-refractivity contribution in [1.82, 2.24) is 4.98 Å². The summed E-state index contributed by atoms with van der Waals surface area (Å²) in [5, 5.41) is 0.592. The first-order valence-electron chi connectivity index (χ1n) is 10.9. The van der Waals surface area contributed by atoms with Crippen LogP contribution in [-0.4, -0.2) is 23.7 Å². The number of carbonyl (C=O) groups is 1. The summed E-state index contributed by atoms with van der Waals surface area (Å²) in [6, 6.07) is 11.6. The maximum Gasteiger partial charge on any atom is 0.334 e. The van der Waals surface area contributed by atoms with E-state index in [-0.39, 0.29) is 5.97 Å². The molecular formula is C25H28ClNO4. The van der Waals surface area contributed by atoms with E-state index in [0.29, 0.717) is 35.5 Å². The van der Waals surface area contributed by atoms with E-state index < -0.39 is 5.60 Å². The molecule has 0 saturated heterocycles. The Bertz CT molecular complexity index is 940. The summed E-state index contributed by atoms with van der Waals surface area (Å²) in [6.45, 7) is 0.342. The van der Waals surface area contributed by atoms with Gasteiger partial charge in [-0.15, -0.1) is 0 Å². The summed E-state index contributed by atoms with van der Waals surface area (Å²) < 4.78 is 17.3. The number of benzene rings is 1. The van der Waals surface area contributed by atoms with Crippen LogP contribution in [0.25, 0.3) is 0 Å². The first-order chi connectivity index (χ1) is 15.1. The number of pyridine rings is 1. The molecule has 5 nitrogen and oxygen atoms in total. The van der Waals surface area contributed by atoms with Gasteiger partial charge in [-0.2, -0.15) is 0 Å². The monoisotopic (exact) mass is 441 g/mol. The molecule has 31 heavy (non-hydrogen) atoms. The maximum absolute atomic E-state index is 12.6. The fourth-order valence-electron chi connectivity index (χ4n) is 4.73. The third-order valence-electron chi connectivity index (χ3n) is 6.34. The lowest BCUT2D eigenvalue weighted by atomic mass is 9.77. The van der Waals surface area contributed by atoms with Gasteiger partial charge in [0, 0.05) is 12.6 Å². The van der Waals surface area contributed by atoms with Crippen molar-refractivity contribution in [3.05, 3.63) is 70.7 Å². The third-order valence-corrected chi connectivity index (χ3v) is 6.64. The zero-order valence-electron chi connectivity index (χ0n) is 17.8. The van der Waals surface area contributed by atoms with Crippen LogP contribution in [0.5, 0.6) is 5.75 Å². The van der Waals surface area contributed by atoms with E-state index in [2.05, 4.69) is 4.98 Å². The fraction of sp³-hybridized carbons (Fsp3) is 0.440. The third kappa shape index (κ3) is 5.21. The molecule has 1 atom stereocenters. The van der Waals surface area contributed by atoms with Crippen LogP contribution >= 0.6 is 11.6 Å². The Balaban J connectivity index is 1.50. The Morgan fingerprint density at radius 3 is 2.77 bits per heavy atom. The molecule has 0 bridgehead atoms. The lowest BCUT2D eigenvalue weighted by molar-refractivity contribution is -0.166. The molecule has 1 fully saturated rings. The predicted octanol–water partition coefficient (Wildman–Crippen LogP) is 5.65. The van der Waals surface area contributed by atoms with E-state index in [1.54, 1.807) is 13.3 Å². The fourth-order valence-corrected chi connectivity index (χ4v) is 5.01. The molecule has 164 valence electrons. The second kappa shape index (κ2) is 9.73. The van der Waals surface area contributed by atoms with Gasteiger partial charge in [0.1, 0.15) is 23.7 Å². The van der Waals surface area contributed by atoms with Gasteiger partial charge in [-0.05, 0) is 61.4 Å². The van der Waals surface area contributed by atoms with Crippen LogP contribution in [0.4, 0.5) is 0 Å². The van der Waals surface area contributed by atoms with E-state index in [1.165, 1.54) is 18.9 Å². The highest BCUT2D eigenvalue weighted by atomic mass is 35.5. The molecule has 2 heterocycles. The molecule has 2 aliphatic rings. The molecule has 1 aliphatic carbocycles. The topological polar surface area (TPSA) is 57.7 Å². The van der Waals surface area contributed by atoms with Crippen LogP contribution < -0.4 is 4.74 Å². The lowest BCUT2D eigenvalue weighted by Crippen LogP contribution is -2.45. The molecule has 6 heteroatoms. The zero-order valence-corrected chi connectivity index (χ0v) is 18.6. The van der Waals surface area contributed by atoms with Crippen LogP contribution in [0, 0.1) is 5.92 Å². The van der Waals surface area contributed by atoms with E-state index in [4.69, 9.17) is 25.8 Å². The summed E-state index contributed by atoms with van der Waals surface area (Å²) >= 11 is 6.31. The maximum atomic E-state index is 12.6. The van der Waals surface area contributed by atoms with E-state index >= 15 is 0 Å². The Morgan fingerprint density at radius 1 is 1.23 bits per heavy atom. The van der Waals surface area contributed by atoms with Gasteiger partial charge in [0.25, 0.3) is 0 Å². The van der Waals surface area contributed by atoms with Gasteiger partial charge in [0.15, 0.2) is 0 Å². The van der Waals surface area contributed by atoms with Crippen molar-refractivity contribution in [3.63, 3.8) is 0 Å². The lowest BCUT2D eigenvalue weighted by Gasteiger charge is -2.41. The number of ether oxygens (including phenoxy) is 3. The SMILES string of the molecule is COc1ccc(CCC2(C3CCCC3)CC(OCc3ccccn3)=CC(=O)O2)cc1Cl. The van der Waals surface area contributed by atoms with Gasteiger partial charge in [0.05, 0.1) is 23.9 Å². The Hall–Kier alpha value is -2.53. The number of aromatic nitrogens is 1. The van der Waals surface area contributed by atoms with Gasteiger partial charge in [0.2, 0.25) is 0 Å². The van der Waals surface area contributed by atoms with Crippen LogP contribution in [0.15, 0.2) is 54.4 Å². The Labute approximate surface area is 188 Å². The number of hydrogen-bond donors (Lipinski definition) is 0. The summed E-state index contributed by atoms with van der Waals surface area (Å²) in [7, 11) is 1.61. The van der Waals surface area contributed by atoms with Crippen molar-refractivity contribution >= 4 is 17.6 Å². The average Bonchev–Trinajstić information content (AvgIpc) is 3.33. The molecule has 1 unspecified atom stereocenters. The van der Waals surface area contributed by atoms with Gasteiger partial charge in [-0.1, -0.05) is 36.6 Å². The second-order valence-electron chi connectivity index (χ2n) is 8.33. The van der Waals surface area contributed by atoms with Crippen molar-refractivity contribution < 1.29 is 19.0 Å². The number of aryl methyl sites for hydroxylation is 1. The summed E-state index contributed by atoms with van der Waals surface area (Å²) in [4.78, 5) is 16.9. The molecule has 1 aromatic carbocycles. The summed E-state index contributed by atoms with van der Waals surface area (Å²) in [5.41, 5.74) is 1.39. The van der Waals surface area contributed by atoms with Gasteiger partial charge >= 0.3 is 5.97 Å². The van der Waals surface area contributed by atoms with E-state index in [9.17, 15) is 4.79 Å². The number of rotatable bonds is 8. The van der Waals surface area contributed by atoms with Crippen LogP contribution in [0.3, 0.4) is 0 Å². The number of carbonyl (C=O) groups excluding carboxylic acids is 1. The number of halogens is 1. The summed E-state index contributed by atoms with van der Waals surface area (Å²) in [5.74, 6) is 1.36. The van der Waals surface area contributed by atoms with E-state index in [0.717, 1.165) is 36.9 Å². The van der Waals surface area contributed by atoms with Crippen molar-refractivity contribution in [2.24, 2.45) is 5.92 Å². The molecule has 0 N–H and O–H groups in total. The Kier molecular flexibility index (Phi) is 6.81. The standard InChI is InChI=1S/C25H28ClNO4/c1-29-23-10-9-18(14-22(23)26)11-12-25(19-6-2-3-7-19)16-21(15-24(28)31-25)30-17-20-8-4-5-13-27-20/h4-5,8-10,13-15,19H,2-3,6-7,11-12,16-17H2,1H3. The molecule has 1 aromatic heterocycles. The first-order valence-corrected chi connectivity index (χ1v) is 11.2. The number of nitrogens with zero attached hydrogens (tertiary/aromatic N) is 1. The highest BCUT2D eigenvalue weighted by Gasteiger charge is 2.46. The molecule has 0 spiro atoms. The van der Waals surface area contributed by atoms with Gasteiger partial charge in [-0.3, -0.25) is 4.98 Å². The van der Waals surface area contributed by atoms with Crippen LogP contribution in [-0.2, 0) is 27.3 Å². The highest BCUT2D eigenvalue weighted by Crippen LogP contribution is 2.45. The minimum Gasteiger partial charge on any atom is -0.495 e. The largest absolute Gasteiger partial charge is 0.495 e. The molecule has 1 saturated carbocycles. The average molecular weight is 442 g/mol. The number of hydrogen-bond acceptors (Lipinski definition) is 5. The normalized spacial score (nSPS) is 21.5. The zero-order chi connectivity index (χ0) is 21.7. The second-order valence-corrected chi connectivity index (χ2v) is 8.74. The molecule has 4 rings (SSSR count). The van der Waals surface area contributed by atoms with E-state index in [1.807, 2.05) is 36.4 Å². The number of esters is 1. The summed E-state index contributed by atoms with van der Waals surface area (Å²) in [6.07, 6.45) is 9.82. The number of methoxy groups -OCH3 is 1. The molecule has 0 radical (unpaired) electrons.